The lowest BCUT2D eigenvalue weighted by molar-refractivity contribution is -0.387. The molecular weight excluding hydrogens is 372 g/mol. The first kappa shape index (κ1) is 18.7. The van der Waals surface area contributed by atoms with Crippen molar-refractivity contribution >= 4 is 21.7 Å². The third-order valence-electron chi connectivity index (χ3n) is 4.37. The number of nitrogens with zero attached hydrogens (tertiary/aromatic N) is 2. The van der Waals surface area contributed by atoms with Gasteiger partial charge in [-0.05, 0) is 18.1 Å². The summed E-state index contributed by atoms with van der Waals surface area (Å²) in [6, 6.07) is 13.2. The van der Waals surface area contributed by atoms with E-state index in [1.54, 1.807) is 30.3 Å². The first-order valence-electron chi connectivity index (χ1n) is 8.05. The summed E-state index contributed by atoms with van der Waals surface area (Å²) < 4.78 is 27.6. The zero-order valence-corrected chi connectivity index (χ0v) is 14.9. The molecule has 0 aliphatic carbocycles. The zero-order chi connectivity index (χ0) is 19.6. The van der Waals surface area contributed by atoms with Crippen LogP contribution in [0.1, 0.15) is 18.0 Å². The van der Waals surface area contributed by atoms with Crippen molar-refractivity contribution in [1.29, 1.82) is 0 Å². The van der Waals surface area contributed by atoms with Crippen molar-refractivity contribution < 1.29 is 23.2 Å². The smallest absolute Gasteiger partial charge is 0.332 e. The maximum Gasteiger partial charge on any atom is 0.332 e. The van der Waals surface area contributed by atoms with Crippen LogP contribution in [0.5, 0.6) is 0 Å². The van der Waals surface area contributed by atoms with Gasteiger partial charge < -0.3 is 5.11 Å². The van der Waals surface area contributed by atoms with E-state index in [2.05, 4.69) is 0 Å². The molecule has 0 spiro atoms. The molecule has 27 heavy (non-hydrogen) atoms. The van der Waals surface area contributed by atoms with Crippen LogP contribution in [0.3, 0.4) is 0 Å². The average Bonchev–Trinajstić information content (AvgIpc) is 2.68. The largest absolute Gasteiger partial charge is 0.478 e. The predicted molar refractivity (Wildman–Crippen MR) is 96.5 cm³/mol. The Morgan fingerprint density at radius 3 is 2.37 bits per heavy atom. The van der Waals surface area contributed by atoms with Gasteiger partial charge in [-0.2, -0.15) is 4.31 Å². The van der Waals surface area contributed by atoms with Crippen molar-refractivity contribution in [3.63, 3.8) is 0 Å². The molecule has 1 heterocycles. The lowest BCUT2D eigenvalue weighted by Crippen LogP contribution is -2.40. The van der Waals surface area contributed by atoms with Gasteiger partial charge >= 0.3 is 5.97 Å². The summed E-state index contributed by atoms with van der Waals surface area (Å²) in [5.41, 5.74) is 0.0698. The molecule has 0 amide bonds. The van der Waals surface area contributed by atoms with Crippen LogP contribution in [0.4, 0.5) is 5.69 Å². The molecule has 0 saturated heterocycles. The van der Waals surface area contributed by atoms with Crippen molar-refractivity contribution in [3.8, 4) is 0 Å². The van der Waals surface area contributed by atoms with Crippen LogP contribution in [0.15, 0.2) is 71.1 Å². The summed E-state index contributed by atoms with van der Waals surface area (Å²) >= 11 is 0. The molecule has 140 valence electrons. The topological polar surface area (TPSA) is 118 Å². The molecule has 3 rings (SSSR count). The lowest BCUT2D eigenvalue weighted by Gasteiger charge is -2.33. The van der Waals surface area contributed by atoms with Crippen LogP contribution in [-0.4, -0.2) is 35.3 Å². The number of sulfonamides is 1. The molecule has 0 unspecified atom stereocenters. The minimum absolute atomic E-state index is 0.0654. The Labute approximate surface area is 155 Å². The molecule has 1 aliphatic heterocycles. The van der Waals surface area contributed by atoms with E-state index in [9.17, 15) is 28.4 Å². The highest BCUT2D eigenvalue weighted by Gasteiger charge is 2.39. The Bertz CT molecular complexity index is 1020. The Kier molecular flexibility index (Phi) is 5.06. The summed E-state index contributed by atoms with van der Waals surface area (Å²) in [5, 5.41) is 20.6. The van der Waals surface area contributed by atoms with Crippen molar-refractivity contribution in [2.24, 2.45) is 0 Å². The molecule has 1 atom stereocenters. The van der Waals surface area contributed by atoms with Gasteiger partial charge in [0.15, 0.2) is 4.90 Å². The minimum Gasteiger partial charge on any atom is -0.478 e. The molecular formula is C18H16N2O6S. The molecule has 1 aliphatic rings. The van der Waals surface area contributed by atoms with E-state index in [4.69, 9.17) is 0 Å². The third kappa shape index (κ3) is 3.60. The Morgan fingerprint density at radius 1 is 1.11 bits per heavy atom. The van der Waals surface area contributed by atoms with Gasteiger partial charge in [-0.3, -0.25) is 10.1 Å². The van der Waals surface area contributed by atoms with Crippen molar-refractivity contribution in [3.05, 3.63) is 81.9 Å². The Morgan fingerprint density at radius 2 is 1.74 bits per heavy atom. The van der Waals surface area contributed by atoms with Crippen LogP contribution in [-0.2, 0) is 14.8 Å². The van der Waals surface area contributed by atoms with Gasteiger partial charge in [0.1, 0.15) is 0 Å². The number of carboxylic acid groups (broad SMARTS) is 1. The van der Waals surface area contributed by atoms with E-state index in [-0.39, 0.29) is 18.5 Å². The van der Waals surface area contributed by atoms with Gasteiger partial charge in [0.05, 0.1) is 11.0 Å². The summed E-state index contributed by atoms with van der Waals surface area (Å²) in [5.74, 6) is -1.22. The fraction of sp³-hybridized carbons (Fsp3) is 0.167. The predicted octanol–water partition coefficient (Wildman–Crippen LogP) is 2.74. The van der Waals surface area contributed by atoms with E-state index < -0.39 is 37.5 Å². The average molecular weight is 388 g/mol. The van der Waals surface area contributed by atoms with Crippen LogP contribution in [0.25, 0.3) is 0 Å². The highest BCUT2D eigenvalue weighted by atomic mass is 32.2. The molecule has 0 bridgehead atoms. The van der Waals surface area contributed by atoms with Gasteiger partial charge in [-0.1, -0.05) is 48.5 Å². The molecule has 0 radical (unpaired) electrons. The maximum atomic E-state index is 13.3. The third-order valence-corrected chi connectivity index (χ3v) is 6.27. The molecule has 9 heteroatoms. The van der Waals surface area contributed by atoms with Crippen LogP contribution in [0.2, 0.25) is 0 Å². The highest BCUT2D eigenvalue weighted by Crippen LogP contribution is 2.37. The quantitative estimate of drug-likeness (QED) is 0.621. The molecule has 8 nitrogen and oxygen atoms in total. The van der Waals surface area contributed by atoms with Gasteiger partial charge in [0.25, 0.3) is 15.7 Å². The normalized spacial score (nSPS) is 17.9. The fourth-order valence-corrected chi connectivity index (χ4v) is 4.81. The number of hydrogen-bond donors (Lipinski definition) is 1. The second kappa shape index (κ2) is 7.29. The summed E-state index contributed by atoms with van der Waals surface area (Å²) in [6.07, 6.45) is 1.65. The zero-order valence-electron chi connectivity index (χ0n) is 14.1. The summed E-state index contributed by atoms with van der Waals surface area (Å²) in [6.45, 7) is -0.372. The number of aliphatic carboxylic acids is 1. The number of carboxylic acids is 1. The van der Waals surface area contributed by atoms with Gasteiger partial charge in [0, 0.05) is 18.2 Å². The number of carbonyl (C=O) groups is 1. The number of hydrogen-bond acceptors (Lipinski definition) is 5. The molecule has 0 aromatic heterocycles. The van der Waals surface area contributed by atoms with E-state index in [1.165, 1.54) is 18.2 Å². The van der Waals surface area contributed by atoms with Crippen molar-refractivity contribution in [1.82, 2.24) is 4.31 Å². The summed E-state index contributed by atoms with van der Waals surface area (Å²) in [4.78, 5) is 21.5. The molecule has 0 saturated carbocycles. The molecule has 2 aromatic carbocycles. The van der Waals surface area contributed by atoms with Crippen LogP contribution < -0.4 is 0 Å². The number of benzene rings is 2. The number of nitro benzene ring substituents is 1. The first-order valence-corrected chi connectivity index (χ1v) is 9.49. The van der Waals surface area contributed by atoms with Crippen molar-refractivity contribution in [2.75, 3.05) is 6.54 Å². The van der Waals surface area contributed by atoms with Crippen LogP contribution >= 0.6 is 0 Å². The van der Waals surface area contributed by atoms with E-state index in [1.807, 2.05) is 0 Å². The lowest BCUT2D eigenvalue weighted by atomic mass is 9.98. The van der Waals surface area contributed by atoms with Crippen LogP contribution in [0, 0.1) is 10.1 Å². The monoisotopic (exact) mass is 388 g/mol. The minimum atomic E-state index is -4.31. The number of para-hydroxylation sites is 1. The SMILES string of the molecule is O=C(O)C1=CC[C@H](c2ccccc2)N(S(=O)(=O)c2ccccc2[N+](=O)[O-])C1. The van der Waals surface area contributed by atoms with E-state index in [0.29, 0.717) is 5.56 Å². The Hall–Kier alpha value is -3.04. The van der Waals surface area contributed by atoms with Crippen molar-refractivity contribution in [2.45, 2.75) is 17.4 Å². The van der Waals surface area contributed by atoms with Gasteiger partial charge in [-0.25, -0.2) is 13.2 Å². The van der Waals surface area contributed by atoms with Gasteiger partial charge in [0.2, 0.25) is 0 Å². The maximum absolute atomic E-state index is 13.3. The number of rotatable bonds is 5. The fourth-order valence-electron chi connectivity index (χ4n) is 3.05. The molecule has 0 fully saturated rings. The highest BCUT2D eigenvalue weighted by molar-refractivity contribution is 7.89. The first-order chi connectivity index (χ1) is 12.8. The van der Waals surface area contributed by atoms with E-state index >= 15 is 0 Å². The van der Waals surface area contributed by atoms with E-state index in [0.717, 1.165) is 16.4 Å². The second-order valence-corrected chi connectivity index (χ2v) is 7.83. The Balaban J connectivity index is 2.14. The second-order valence-electron chi connectivity index (χ2n) is 5.97. The van der Waals surface area contributed by atoms with Gasteiger partial charge in [-0.15, -0.1) is 0 Å². The number of nitro groups is 1. The summed E-state index contributed by atoms with van der Waals surface area (Å²) in [7, 11) is -4.31. The standard InChI is InChI=1S/C18H16N2O6S/c21-18(22)14-10-11-15(13-6-2-1-3-7-13)19(12-14)27(25,26)17-9-5-4-8-16(17)20(23)24/h1-10,15H,11-12H2,(H,21,22)/t15-/m1/s1. The molecule has 2 aromatic rings. The molecule has 1 N–H and O–H groups in total.